The van der Waals surface area contributed by atoms with Crippen LogP contribution >= 0.6 is 0 Å². The first-order chi connectivity index (χ1) is 8.15. The van der Waals surface area contributed by atoms with E-state index in [1.54, 1.807) is 0 Å². The van der Waals surface area contributed by atoms with Gasteiger partial charge in [-0.25, -0.2) is 4.98 Å². The van der Waals surface area contributed by atoms with Crippen LogP contribution in [0.15, 0.2) is 24.3 Å². The van der Waals surface area contributed by atoms with Gasteiger partial charge in [0.2, 0.25) is 0 Å². The number of para-hydroxylation sites is 2. The molecule has 0 aliphatic carbocycles. The molecule has 2 N–H and O–H groups in total. The Morgan fingerprint density at radius 3 is 2.65 bits per heavy atom. The Labute approximate surface area is 103 Å². The Balaban J connectivity index is 2.57. The highest BCUT2D eigenvalue weighted by atomic mass is 15.1. The summed E-state index contributed by atoms with van der Waals surface area (Å²) in [5.41, 5.74) is 8.29. The van der Waals surface area contributed by atoms with E-state index >= 15 is 0 Å². The summed E-state index contributed by atoms with van der Waals surface area (Å²) in [5.74, 6) is 1.40. The van der Waals surface area contributed by atoms with Crippen molar-refractivity contribution in [2.45, 2.75) is 45.7 Å². The van der Waals surface area contributed by atoms with Gasteiger partial charge < -0.3 is 10.3 Å². The second kappa shape index (κ2) is 4.88. The van der Waals surface area contributed by atoms with Gasteiger partial charge in [0.1, 0.15) is 5.82 Å². The topological polar surface area (TPSA) is 43.8 Å². The van der Waals surface area contributed by atoms with Gasteiger partial charge >= 0.3 is 0 Å². The smallest absolute Gasteiger partial charge is 0.114 e. The average Bonchev–Trinajstić information content (AvgIpc) is 2.68. The third kappa shape index (κ3) is 2.20. The van der Waals surface area contributed by atoms with Crippen LogP contribution in [0.3, 0.4) is 0 Å². The normalized spacial score (nSPS) is 15.1. The highest BCUT2D eigenvalue weighted by molar-refractivity contribution is 5.76. The maximum atomic E-state index is 6.00. The van der Waals surface area contributed by atoms with E-state index in [2.05, 4.69) is 36.6 Å². The molecule has 0 aliphatic rings. The fraction of sp³-hybridized carbons (Fsp3) is 0.500. The first-order valence-corrected chi connectivity index (χ1v) is 6.36. The zero-order valence-corrected chi connectivity index (χ0v) is 10.9. The van der Waals surface area contributed by atoms with Crippen molar-refractivity contribution in [1.29, 1.82) is 0 Å². The first kappa shape index (κ1) is 12.1. The van der Waals surface area contributed by atoms with Crippen LogP contribution < -0.4 is 5.73 Å². The van der Waals surface area contributed by atoms with Crippen LogP contribution in [0.4, 0.5) is 0 Å². The van der Waals surface area contributed by atoms with E-state index in [0.29, 0.717) is 0 Å². The Morgan fingerprint density at radius 1 is 1.29 bits per heavy atom. The number of fused-ring (bicyclic) bond motifs is 1. The maximum absolute atomic E-state index is 6.00. The van der Waals surface area contributed by atoms with Gasteiger partial charge in [-0.2, -0.15) is 0 Å². The SMILES string of the molecule is CCCn1c(C(C)C(C)N)nc2ccccc21. The van der Waals surface area contributed by atoms with Crippen molar-refractivity contribution in [1.82, 2.24) is 9.55 Å². The molecule has 0 aliphatic heterocycles. The third-order valence-corrected chi connectivity index (χ3v) is 3.33. The lowest BCUT2D eigenvalue weighted by atomic mass is 10.0. The average molecular weight is 231 g/mol. The first-order valence-electron chi connectivity index (χ1n) is 6.36. The van der Waals surface area contributed by atoms with Crippen molar-refractivity contribution >= 4 is 11.0 Å². The van der Waals surface area contributed by atoms with Crippen molar-refractivity contribution in [3.63, 3.8) is 0 Å². The molecule has 0 spiro atoms. The molecule has 1 heterocycles. The molecule has 1 aromatic heterocycles. The fourth-order valence-corrected chi connectivity index (χ4v) is 2.14. The lowest BCUT2D eigenvalue weighted by Crippen LogP contribution is -2.25. The Bertz CT molecular complexity index is 499. The highest BCUT2D eigenvalue weighted by Gasteiger charge is 2.18. The van der Waals surface area contributed by atoms with Crippen LogP contribution in [0, 0.1) is 0 Å². The van der Waals surface area contributed by atoms with E-state index in [1.165, 1.54) is 5.52 Å². The number of rotatable bonds is 4. The summed E-state index contributed by atoms with van der Waals surface area (Å²) in [7, 11) is 0. The molecule has 17 heavy (non-hydrogen) atoms. The van der Waals surface area contributed by atoms with Crippen LogP contribution in [0.25, 0.3) is 11.0 Å². The number of benzene rings is 1. The molecule has 92 valence electrons. The van der Waals surface area contributed by atoms with Crippen molar-refractivity contribution in [2.75, 3.05) is 0 Å². The van der Waals surface area contributed by atoms with E-state index in [-0.39, 0.29) is 12.0 Å². The molecule has 0 saturated heterocycles. The number of hydrogen-bond acceptors (Lipinski definition) is 2. The molecule has 0 radical (unpaired) electrons. The largest absolute Gasteiger partial charge is 0.328 e. The fourth-order valence-electron chi connectivity index (χ4n) is 2.14. The number of nitrogens with two attached hydrogens (primary N) is 1. The second-order valence-electron chi connectivity index (χ2n) is 4.76. The van der Waals surface area contributed by atoms with E-state index in [4.69, 9.17) is 10.7 Å². The van der Waals surface area contributed by atoms with E-state index in [0.717, 1.165) is 24.3 Å². The van der Waals surface area contributed by atoms with Crippen molar-refractivity contribution in [3.8, 4) is 0 Å². The van der Waals surface area contributed by atoms with Gasteiger partial charge in [-0.3, -0.25) is 0 Å². The van der Waals surface area contributed by atoms with Crippen LogP contribution in [0.5, 0.6) is 0 Å². The van der Waals surface area contributed by atoms with Gasteiger partial charge in [0.15, 0.2) is 0 Å². The van der Waals surface area contributed by atoms with Gasteiger partial charge in [-0.15, -0.1) is 0 Å². The molecular weight excluding hydrogens is 210 g/mol. The van der Waals surface area contributed by atoms with Crippen molar-refractivity contribution < 1.29 is 0 Å². The summed E-state index contributed by atoms with van der Waals surface area (Å²) in [5, 5.41) is 0. The van der Waals surface area contributed by atoms with Crippen LogP contribution in [-0.2, 0) is 6.54 Å². The number of hydrogen-bond donors (Lipinski definition) is 1. The highest BCUT2D eigenvalue weighted by Crippen LogP contribution is 2.23. The van der Waals surface area contributed by atoms with E-state index in [1.807, 2.05) is 13.0 Å². The molecule has 2 aromatic rings. The van der Waals surface area contributed by atoms with Crippen LogP contribution in [0.1, 0.15) is 38.9 Å². The maximum Gasteiger partial charge on any atom is 0.114 e. The molecule has 0 saturated carbocycles. The van der Waals surface area contributed by atoms with Crippen LogP contribution in [-0.4, -0.2) is 15.6 Å². The number of aromatic nitrogens is 2. The summed E-state index contributed by atoms with van der Waals surface area (Å²) < 4.78 is 2.31. The standard InChI is InChI=1S/C14H21N3/c1-4-9-17-13-8-6-5-7-12(13)16-14(17)10(2)11(3)15/h5-8,10-11H,4,9,15H2,1-3H3. The summed E-state index contributed by atoms with van der Waals surface area (Å²) in [6.07, 6.45) is 1.11. The molecule has 0 amide bonds. The lowest BCUT2D eigenvalue weighted by Gasteiger charge is -2.17. The molecule has 0 fully saturated rings. The second-order valence-corrected chi connectivity index (χ2v) is 4.76. The summed E-state index contributed by atoms with van der Waals surface area (Å²) >= 11 is 0. The zero-order chi connectivity index (χ0) is 12.4. The molecule has 3 nitrogen and oxygen atoms in total. The molecule has 0 bridgehead atoms. The van der Waals surface area contributed by atoms with Gasteiger partial charge in [0.05, 0.1) is 11.0 Å². The van der Waals surface area contributed by atoms with Gasteiger partial charge in [-0.1, -0.05) is 26.0 Å². The molecule has 1 aromatic carbocycles. The number of imidazole rings is 1. The molecule has 2 atom stereocenters. The molecular formula is C14H21N3. The predicted octanol–water partition coefficient (Wildman–Crippen LogP) is 2.90. The molecule has 2 unspecified atom stereocenters. The Morgan fingerprint density at radius 2 is 2.00 bits per heavy atom. The van der Waals surface area contributed by atoms with E-state index in [9.17, 15) is 0 Å². The minimum Gasteiger partial charge on any atom is -0.328 e. The summed E-state index contributed by atoms with van der Waals surface area (Å²) in [6, 6.07) is 8.43. The van der Waals surface area contributed by atoms with Gasteiger partial charge in [0.25, 0.3) is 0 Å². The van der Waals surface area contributed by atoms with Gasteiger partial charge in [0, 0.05) is 18.5 Å². The number of aryl methyl sites for hydroxylation is 1. The predicted molar refractivity (Wildman–Crippen MR) is 72.1 cm³/mol. The van der Waals surface area contributed by atoms with Crippen LogP contribution in [0.2, 0.25) is 0 Å². The number of nitrogens with zero attached hydrogens (tertiary/aromatic N) is 2. The molecule has 2 rings (SSSR count). The quantitative estimate of drug-likeness (QED) is 0.879. The minimum atomic E-state index is 0.127. The van der Waals surface area contributed by atoms with E-state index < -0.39 is 0 Å². The van der Waals surface area contributed by atoms with Crippen molar-refractivity contribution in [3.05, 3.63) is 30.1 Å². The Kier molecular flexibility index (Phi) is 3.48. The summed E-state index contributed by atoms with van der Waals surface area (Å²) in [4.78, 5) is 4.74. The monoisotopic (exact) mass is 231 g/mol. The minimum absolute atomic E-state index is 0.127. The zero-order valence-electron chi connectivity index (χ0n) is 10.9. The van der Waals surface area contributed by atoms with Crippen molar-refractivity contribution in [2.24, 2.45) is 5.73 Å². The lowest BCUT2D eigenvalue weighted by molar-refractivity contribution is 0.539. The van der Waals surface area contributed by atoms with Gasteiger partial charge in [-0.05, 0) is 25.5 Å². The summed E-state index contributed by atoms with van der Waals surface area (Å²) in [6.45, 7) is 7.39. The Hall–Kier alpha value is -1.35. The third-order valence-electron chi connectivity index (χ3n) is 3.33. The molecule has 3 heteroatoms.